The van der Waals surface area contributed by atoms with Crippen LogP contribution in [0, 0.1) is 17.1 Å². The summed E-state index contributed by atoms with van der Waals surface area (Å²) in [6.07, 6.45) is 1.95. The highest BCUT2D eigenvalue weighted by atomic mass is 19.1. The molecule has 0 radical (unpaired) electrons. The number of anilines is 2. The predicted molar refractivity (Wildman–Crippen MR) is 97.7 cm³/mol. The molecule has 0 aromatic carbocycles. The molecule has 142 valence electrons. The average Bonchev–Trinajstić information content (AvgIpc) is 2.56. The van der Waals surface area contributed by atoms with Crippen molar-refractivity contribution in [2.45, 2.75) is 64.1 Å². The minimum Gasteiger partial charge on any atom is -0.465 e. The van der Waals surface area contributed by atoms with E-state index in [9.17, 15) is 14.3 Å². The first kappa shape index (κ1) is 19.8. The van der Waals surface area contributed by atoms with Crippen LogP contribution in [0.2, 0.25) is 0 Å². The minimum atomic E-state index is -0.910. The van der Waals surface area contributed by atoms with Crippen molar-refractivity contribution in [3.8, 4) is 6.07 Å². The second-order valence-corrected chi connectivity index (χ2v) is 7.55. The molecule has 0 unspecified atom stereocenters. The van der Waals surface area contributed by atoms with Gasteiger partial charge in [0.1, 0.15) is 11.9 Å². The first-order valence-corrected chi connectivity index (χ1v) is 8.74. The van der Waals surface area contributed by atoms with Gasteiger partial charge in [-0.1, -0.05) is 0 Å². The van der Waals surface area contributed by atoms with Gasteiger partial charge >= 0.3 is 6.09 Å². The summed E-state index contributed by atoms with van der Waals surface area (Å²) in [5.74, 6) is -0.123. The summed E-state index contributed by atoms with van der Waals surface area (Å²) in [5, 5.41) is 24.4. The van der Waals surface area contributed by atoms with Crippen molar-refractivity contribution in [1.82, 2.24) is 9.88 Å². The predicted octanol–water partition coefficient (Wildman–Crippen LogP) is 3.64. The molecular weight excluding hydrogens is 337 g/mol. The number of pyridine rings is 1. The molecule has 1 saturated carbocycles. The number of nitrogens with one attached hydrogen (secondary N) is 2. The Kier molecular flexibility index (Phi) is 5.90. The summed E-state index contributed by atoms with van der Waals surface area (Å²) in [7, 11) is 1.63. The molecule has 1 amide bonds. The number of nitriles is 1. The zero-order valence-electron chi connectivity index (χ0n) is 15.6. The molecule has 3 N–H and O–H groups in total. The molecule has 8 heteroatoms. The third-order valence-corrected chi connectivity index (χ3v) is 4.66. The van der Waals surface area contributed by atoms with E-state index in [1.165, 1.54) is 11.0 Å². The zero-order valence-corrected chi connectivity index (χ0v) is 15.6. The van der Waals surface area contributed by atoms with Crippen molar-refractivity contribution in [3.63, 3.8) is 0 Å². The number of hydrogen-bond donors (Lipinski definition) is 3. The van der Waals surface area contributed by atoms with Gasteiger partial charge in [-0.2, -0.15) is 5.26 Å². The molecule has 0 spiro atoms. The Morgan fingerprint density at radius 3 is 2.42 bits per heavy atom. The Morgan fingerprint density at radius 2 is 1.96 bits per heavy atom. The van der Waals surface area contributed by atoms with E-state index in [0.717, 1.165) is 12.8 Å². The largest absolute Gasteiger partial charge is 0.465 e. The lowest BCUT2D eigenvalue weighted by molar-refractivity contribution is 0.0556. The van der Waals surface area contributed by atoms with Crippen LogP contribution in [-0.2, 0) is 0 Å². The van der Waals surface area contributed by atoms with Crippen molar-refractivity contribution in [2.75, 3.05) is 17.7 Å². The smallest absolute Gasteiger partial charge is 0.407 e. The Hall–Kier alpha value is -2.56. The van der Waals surface area contributed by atoms with Crippen molar-refractivity contribution in [2.24, 2.45) is 0 Å². The maximum absolute atomic E-state index is 14.2. The molecule has 0 atom stereocenters. The Balaban J connectivity index is 2.05. The van der Waals surface area contributed by atoms with Crippen molar-refractivity contribution >= 4 is 17.7 Å². The van der Waals surface area contributed by atoms with Gasteiger partial charge in [0.15, 0.2) is 11.6 Å². The van der Waals surface area contributed by atoms with Gasteiger partial charge in [-0.3, -0.25) is 0 Å². The summed E-state index contributed by atoms with van der Waals surface area (Å²) >= 11 is 0. The fourth-order valence-electron chi connectivity index (χ4n) is 3.53. The number of amides is 1. The second-order valence-electron chi connectivity index (χ2n) is 7.55. The molecule has 1 fully saturated rings. The van der Waals surface area contributed by atoms with E-state index < -0.39 is 17.4 Å². The van der Waals surface area contributed by atoms with Gasteiger partial charge in [0.2, 0.25) is 0 Å². The first-order chi connectivity index (χ1) is 12.2. The maximum Gasteiger partial charge on any atom is 0.407 e. The van der Waals surface area contributed by atoms with Gasteiger partial charge in [-0.25, -0.2) is 14.2 Å². The van der Waals surface area contributed by atoms with E-state index in [2.05, 4.69) is 15.6 Å². The van der Waals surface area contributed by atoms with Gasteiger partial charge in [0.25, 0.3) is 0 Å². The quantitative estimate of drug-likeness (QED) is 0.755. The van der Waals surface area contributed by atoms with Crippen molar-refractivity contribution < 1.29 is 14.3 Å². The maximum atomic E-state index is 14.2. The summed E-state index contributed by atoms with van der Waals surface area (Å²) in [4.78, 5) is 17.3. The molecule has 26 heavy (non-hydrogen) atoms. The molecular formula is C18H26FN5O2. The number of carbonyl (C=O) groups is 1. The topological polar surface area (TPSA) is 101 Å². The number of nitrogens with zero attached hydrogens (tertiary/aromatic N) is 3. The van der Waals surface area contributed by atoms with Crippen LogP contribution in [0.5, 0.6) is 0 Å². The molecule has 0 bridgehead atoms. The number of halogens is 1. The summed E-state index contributed by atoms with van der Waals surface area (Å²) in [6, 6.07) is 3.04. The SMILES string of the molecule is CNc1nc(NC2CCC(N(C(=O)O)C(C)(C)C)CC2)c(F)cc1C#N. The van der Waals surface area contributed by atoms with Gasteiger partial charge in [-0.15, -0.1) is 0 Å². The normalized spacial score (nSPS) is 20.2. The summed E-state index contributed by atoms with van der Waals surface area (Å²) in [6.45, 7) is 5.67. The van der Waals surface area contributed by atoms with E-state index in [0.29, 0.717) is 18.7 Å². The zero-order chi connectivity index (χ0) is 19.5. The van der Waals surface area contributed by atoms with Gasteiger partial charge < -0.3 is 20.6 Å². The van der Waals surface area contributed by atoms with E-state index in [1.54, 1.807) is 7.05 Å². The number of rotatable bonds is 4. The monoisotopic (exact) mass is 363 g/mol. The van der Waals surface area contributed by atoms with Crippen LogP contribution in [0.1, 0.15) is 52.0 Å². The fraction of sp³-hybridized carbons (Fsp3) is 0.611. The molecule has 0 aliphatic heterocycles. The van der Waals surface area contributed by atoms with Crippen LogP contribution in [0.25, 0.3) is 0 Å². The van der Waals surface area contributed by atoms with Crippen LogP contribution in [-0.4, -0.2) is 45.8 Å². The first-order valence-electron chi connectivity index (χ1n) is 8.74. The van der Waals surface area contributed by atoms with Gasteiger partial charge in [-0.05, 0) is 52.5 Å². The standard InChI is InChI=1S/C18H26FN5O2/c1-18(2,3)24(17(25)26)13-7-5-12(6-8-13)22-16-14(19)9-11(10-20)15(21-4)23-16/h9,12-13H,5-8H2,1-4H3,(H,25,26)(H2,21,22,23). The molecule has 2 rings (SSSR count). The highest BCUT2D eigenvalue weighted by Gasteiger charge is 2.35. The Bertz CT molecular complexity index is 703. The summed E-state index contributed by atoms with van der Waals surface area (Å²) in [5.41, 5.74) is -0.305. The Morgan fingerprint density at radius 1 is 1.35 bits per heavy atom. The van der Waals surface area contributed by atoms with Crippen LogP contribution < -0.4 is 10.6 Å². The lowest BCUT2D eigenvalue weighted by Crippen LogP contribution is -2.52. The lowest BCUT2D eigenvalue weighted by Gasteiger charge is -2.42. The lowest BCUT2D eigenvalue weighted by atomic mass is 9.88. The van der Waals surface area contributed by atoms with Crippen LogP contribution in [0.15, 0.2) is 6.07 Å². The number of hydrogen-bond acceptors (Lipinski definition) is 5. The van der Waals surface area contributed by atoms with E-state index >= 15 is 0 Å². The summed E-state index contributed by atoms with van der Waals surface area (Å²) < 4.78 is 14.2. The third kappa shape index (κ3) is 4.34. The van der Waals surface area contributed by atoms with Gasteiger partial charge in [0.05, 0.1) is 5.56 Å². The van der Waals surface area contributed by atoms with E-state index in [1.807, 2.05) is 26.8 Å². The molecule has 1 aliphatic rings. The van der Waals surface area contributed by atoms with Crippen LogP contribution in [0.3, 0.4) is 0 Å². The fourth-order valence-corrected chi connectivity index (χ4v) is 3.53. The van der Waals surface area contributed by atoms with Crippen LogP contribution in [0.4, 0.5) is 20.8 Å². The highest BCUT2D eigenvalue weighted by Crippen LogP contribution is 2.30. The Labute approximate surface area is 153 Å². The number of carboxylic acid groups (broad SMARTS) is 1. The van der Waals surface area contributed by atoms with E-state index in [4.69, 9.17) is 5.26 Å². The highest BCUT2D eigenvalue weighted by molar-refractivity contribution is 5.66. The molecule has 1 aromatic heterocycles. The number of aromatic nitrogens is 1. The average molecular weight is 363 g/mol. The molecule has 1 heterocycles. The van der Waals surface area contributed by atoms with Crippen molar-refractivity contribution in [3.05, 3.63) is 17.4 Å². The van der Waals surface area contributed by atoms with Gasteiger partial charge in [0, 0.05) is 24.7 Å². The van der Waals surface area contributed by atoms with E-state index in [-0.39, 0.29) is 23.5 Å². The molecule has 7 nitrogen and oxygen atoms in total. The van der Waals surface area contributed by atoms with Crippen molar-refractivity contribution in [1.29, 1.82) is 5.26 Å². The molecule has 0 saturated heterocycles. The third-order valence-electron chi connectivity index (χ3n) is 4.66. The molecule has 1 aromatic rings. The van der Waals surface area contributed by atoms with Crippen LogP contribution >= 0.6 is 0 Å². The minimum absolute atomic E-state index is 0.0153. The molecule has 1 aliphatic carbocycles. The second kappa shape index (κ2) is 7.77.